The first-order valence-corrected chi connectivity index (χ1v) is 11.5. The van der Waals surface area contributed by atoms with Crippen LogP contribution in [-0.2, 0) is 10.9 Å². The molecule has 1 aliphatic rings. The Morgan fingerprint density at radius 1 is 1.05 bits per heavy atom. The van der Waals surface area contributed by atoms with Gasteiger partial charge in [-0.3, -0.25) is 0 Å². The normalized spacial score (nSPS) is 16.3. The van der Waals surface area contributed by atoms with Crippen LogP contribution >= 0.6 is 0 Å². The Kier molecular flexibility index (Phi) is 7.31. The smallest absolute Gasteiger partial charge is 0.416 e. The van der Waals surface area contributed by atoms with Crippen LogP contribution in [0.2, 0.25) is 0 Å². The third kappa shape index (κ3) is 5.95. The van der Waals surface area contributed by atoms with Crippen LogP contribution in [0, 0.1) is 0 Å². The lowest BCUT2D eigenvalue weighted by Crippen LogP contribution is -2.34. The number of methoxy groups -OCH3 is 2. The van der Waals surface area contributed by atoms with Crippen LogP contribution < -0.4 is 20.5 Å². The molecular formula is C25H27F5N4O3. The summed E-state index contributed by atoms with van der Waals surface area (Å²) in [5.41, 5.74) is 5.51. The fraction of sp³-hybridized carbons (Fsp3) is 0.440. The summed E-state index contributed by atoms with van der Waals surface area (Å²) in [5.74, 6) is -2.11. The second kappa shape index (κ2) is 10.2. The maximum absolute atomic E-state index is 13.6. The largest absolute Gasteiger partial charge is 0.493 e. The van der Waals surface area contributed by atoms with Gasteiger partial charge >= 0.3 is 6.18 Å². The van der Waals surface area contributed by atoms with Crippen molar-refractivity contribution in [3.8, 4) is 11.5 Å². The summed E-state index contributed by atoms with van der Waals surface area (Å²) < 4.78 is 83.4. The van der Waals surface area contributed by atoms with E-state index in [1.165, 1.54) is 20.3 Å². The third-order valence-corrected chi connectivity index (χ3v) is 6.16. The second-order valence-electron chi connectivity index (χ2n) is 9.01. The highest BCUT2D eigenvalue weighted by molar-refractivity contribution is 5.92. The van der Waals surface area contributed by atoms with Gasteiger partial charge in [0.15, 0.2) is 11.5 Å². The standard InChI is InChI=1S/C25H27F5N4O3/c1-13(14-6-16(25(28,29)30)8-17(31)7-14)32-23-18-9-21(37-5-4-35-2)20(36-3)10-19(18)33-22(34-23)15-11-24(26,27)12-15/h6-10,13,15H,4-5,11-12,31H2,1-3H3,(H,32,33,34)/t13-/m1/s1. The van der Waals surface area contributed by atoms with E-state index in [-0.39, 0.29) is 42.3 Å². The number of rotatable bonds is 9. The molecule has 200 valence electrons. The van der Waals surface area contributed by atoms with Crippen LogP contribution in [-0.4, -0.2) is 43.3 Å². The predicted molar refractivity (Wildman–Crippen MR) is 128 cm³/mol. The highest BCUT2D eigenvalue weighted by Crippen LogP contribution is 2.48. The summed E-state index contributed by atoms with van der Waals surface area (Å²) in [6.45, 7) is 2.21. The summed E-state index contributed by atoms with van der Waals surface area (Å²) in [7, 11) is 2.99. The monoisotopic (exact) mass is 526 g/mol. The summed E-state index contributed by atoms with van der Waals surface area (Å²) in [6.07, 6.45) is -5.33. The van der Waals surface area contributed by atoms with E-state index in [1.54, 1.807) is 19.1 Å². The van der Waals surface area contributed by atoms with E-state index in [0.29, 0.717) is 29.0 Å². The number of benzene rings is 2. The fourth-order valence-corrected chi connectivity index (χ4v) is 4.18. The highest BCUT2D eigenvalue weighted by atomic mass is 19.4. The summed E-state index contributed by atoms with van der Waals surface area (Å²) >= 11 is 0. The first-order chi connectivity index (χ1) is 17.4. The molecule has 1 saturated carbocycles. The fourth-order valence-electron chi connectivity index (χ4n) is 4.18. The van der Waals surface area contributed by atoms with E-state index >= 15 is 0 Å². The number of nitrogens with one attached hydrogen (secondary N) is 1. The maximum Gasteiger partial charge on any atom is 0.416 e. The van der Waals surface area contributed by atoms with Crippen LogP contribution in [0.25, 0.3) is 10.9 Å². The molecule has 37 heavy (non-hydrogen) atoms. The van der Waals surface area contributed by atoms with Crippen molar-refractivity contribution in [1.29, 1.82) is 0 Å². The second-order valence-corrected chi connectivity index (χ2v) is 9.01. The van der Waals surface area contributed by atoms with Gasteiger partial charge in [0.1, 0.15) is 18.2 Å². The Labute approximate surface area is 210 Å². The molecule has 0 amide bonds. The molecule has 1 aromatic heterocycles. The molecule has 0 radical (unpaired) electrons. The Morgan fingerprint density at radius 2 is 1.78 bits per heavy atom. The molecule has 0 unspecified atom stereocenters. The van der Waals surface area contributed by atoms with Crippen molar-refractivity contribution in [2.45, 2.75) is 43.8 Å². The van der Waals surface area contributed by atoms with Crippen molar-refractivity contribution >= 4 is 22.4 Å². The minimum absolute atomic E-state index is 0.0398. The number of nitrogens with zero attached hydrogens (tertiary/aromatic N) is 2. The zero-order valence-electron chi connectivity index (χ0n) is 20.5. The van der Waals surface area contributed by atoms with Crippen LogP contribution in [0.5, 0.6) is 11.5 Å². The molecule has 4 rings (SSSR count). The van der Waals surface area contributed by atoms with E-state index in [2.05, 4.69) is 15.3 Å². The average molecular weight is 527 g/mol. The molecule has 0 saturated heterocycles. The zero-order valence-corrected chi connectivity index (χ0v) is 20.5. The number of halogens is 5. The molecule has 0 aliphatic heterocycles. The lowest BCUT2D eigenvalue weighted by molar-refractivity contribution is -0.137. The number of hydrogen-bond acceptors (Lipinski definition) is 7. The van der Waals surface area contributed by atoms with Crippen LogP contribution in [0.15, 0.2) is 30.3 Å². The van der Waals surface area contributed by atoms with E-state index in [4.69, 9.17) is 19.9 Å². The van der Waals surface area contributed by atoms with Crippen LogP contribution in [0.3, 0.4) is 0 Å². The Hall–Kier alpha value is -3.41. The van der Waals surface area contributed by atoms with Gasteiger partial charge in [-0.15, -0.1) is 0 Å². The van der Waals surface area contributed by atoms with Gasteiger partial charge in [0.05, 0.1) is 30.8 Å². The van der Waals surface area contributed by atoms with E-state index in [1.807, 2.05) is 0 Å². The molecular weight excluding hydrogens is 499 g/mol. The number of aromatic nitrogens is 2. The molecule has 1 atom stereocenters. The molecule has 2 aromatic carbocycles. The van der Waals surface area contributed by atoms with Crippen LogP contribution in [0.4, 0.5) is 33.5 Å². The number of hydrogen-bond donors (Lipinski definition) is 2. The number of nitrogen functional groups attached to an aromatic ring is 1. The number of fused-ring (bicyclic) bond motifs is 1. The van der Waals surface area contributed by atoms with Crippen molar-refractivity contribution in [3.05, 3.63) is 47.3 Å². The Balaban J connectivity index is 1.76. The summed E-state index contributed by atoms with van der Waals surface area (Å²) in [6, 6.07) is 5.88. The molecule has 1 aliphatic carbocycles. The molecule has 3 aromatic rings. The molecule has 0 bridgehead atoms. The highest BCUT2D eigenvalue weighted by Gasteiger charge is 2.47. The lowest BCUT2D eigenvalue weighted by Gasteiger charge is -2.34. The maximum atomic E-state index is 13.6. The predicted octanol–water partition coefficient (Wildman–Crippen LogP) is 5.95. The van der Waals surface area contributed by atoms with Gasteiger partial charge in [0.25, 0.3) is 0 Å². The van der Waals surface area contributed by atoms with Gasteiger partial charge in [0, 0.05) is 43.0 Å². The molecule has 1 heterocycles. The third-order valence-electron chi connectivity index (χ3n) is 6.16. The SMILES string of the molecule is COCCOc1cc2c(N[C@H](C)c3cc(N)cc(C(F)(F)F)c3)nc(C3CC(F)(F)C3)nc2cc1OC. The van der Waals surface area contributed by atoms with Gasteiger partial charge in [-0.1, -0.05) is 0 Å². The van der Waals surface area contributed by atoms with Gasteiger partial charge in [-0.2, -0.15) is 13.2 Å². The van der Waals surface area contributed by atoms with Crippen LogP contribution in [0.1, 0.15) is 48.7 Å². The molecule has 3 N–H and O–H groups in total. The number of ether oxygens (including phenoxy) is 3. The minimum atomic E-state index is -4.57. The molecule has 0 spiro atoms. The van der Waals surface area contributed by atoms with Gasteiger partial charge in [-0.05, 0) is 36.8 Å². The van der Waals surface area contributed by atoms with E-state index in [9.17, 15) is 22.0 Å². The lowest BCUT2D eigenvalue weighted by atomic mass is 9.80. The van der Waals surface area contributed by atoms with Crippen molar-refractivity contribution in [1.82, 2.24) is 9.97 Å². The van der Waals surface area contributed by atoms with E-state index < -0.39 is 29.6 Å². The summed E-state index contributed by atoms with van der Waals surface area (Å²) in [5, 5.41) is 3.60. The van der Waals surface area contributed by atoms with Gasteiger partial charge in [-0.25, -0.2) is 18.7 Å². The van der Waals surface area contributed by atoms with Crippen molar-refractivity contribution in [2.75, 3.05) is 38.5 Å². The minimum Gasteiger partial charge on any atom is -0.493 e. The summed E-state index contributed by atoms with van der Waals surface area (Å²) in [4.78, 5) is 9.01. The number of anilines is 2. The molecule has 1 fully saturated rings. The van der Waals surface area contributed by atoms with Gasteiger partial charge < -0.3 is 25.3 Å². The van der Waals surface area contributed by atoms with Crippen molar-refractivity contribution in [3.63, 3.8) is 0 Å². The average Bonchev–Trinajstić information content (AvgIpc) is 2.81. The van der Waals surface area contributed by atoms with Gasteiger partial charge in [0.2, 0.25) is 5.92 Å². The number of alkyl halides is 5. The molecule has 12 heteroatoms. The first-order valence-electron chi connectivity index (χ1n) is 11.5. The Bertz CT molecular complexity index is 1280. The zero-order chi connectivity index (χ0) is 27.0. The molecule has 7 nitrogen and oxygen atoms in total. The van der Waals surface area contributed by atoms with E-state index in [0.717, 1.165) is 12.1 Å². The topological polar surface area (TPSA) is 91.5 Å². The Morgan fingerprint density at radius 3 is 2.41 bits per heavy atom. The first kappa shape index (κ1) is 26.6. The van der Waals surface area contributed by atoms with Crippen molar-refractivity contribution < 1.29 is 36.2 Å². The van der Waals surface area contributed by atoms with Crippen molar-refractivity contribution in [2.24, 2.45) is 0 Å². The quantitative estimate of drug-likeness (QED) is 0.202. The number of nitrogens with two attached hydrogens (primary N) is 1.